The van der Waals surface area contributed by atoms with Crippen LogP contribution in [0.1, 0.15) is 0 Å². The van der Waals surface area contributed by atoms with E-state index in [2.05, 4.69) is 0 Å². The fourth-order valence-corrected chi connectivity index (χ4v) is 0. The van der Waals surface area contributed by atoms with Crippen LogP contribution in [0.25, 0.3) is 0 Å². The molecule has 0 amide bonds. The van der Waals surface area contributed by atoms with Gasteiger partial charge in [-0.15, -0.1) is 0 Å². The van der Waals surface area contributed by atoms with Crippen LogP contribution in [-0.4, -0.2) is 22.9 Å². The van der Waals surface area contributed by atoms with E-state index in [-0.39, 0.29) is 0 Å². The molecule has 0 fully saturated rings. The van der Waals surface area contributed by atoms with Crippen LogP contribution >= 0.6 is 0 Å². The van der Waals surface area contributed by atoms with Crippen LogP contribution in [0.2, 0.25) is 0 Å². The quantitative estimate of drug-likeness (QED) is 0.466. The average molecular weight is 98.0 g/mol. The lowest BCUT2D eigenvalue weighted by molar-refractivity contribution is -0.128. The van der Waals surface area contributed by atoms with Crippen molar-refractivity contribution in [1.82, 2.24) is 0 Å². The third-order valence-electron chi connectivity index (χ3n) is 0.227. The SMILES string of the molecule is OC(F)C(O)F. The number of alkyl halides is 2. The Morgan fingerprint density at radius 1 is 1.00 bits per heavy atom. The lowest BCUT2D eigenvalue weighted by Crippen LogP contribution is -2.14. The summed E-state index contributed by atoms with van der Waals surface area (Å²) in [4.78, 5) is 0. The zero-order valence-corrected chi connectivity index (χ0v) is 2.81. The molecule has 0 aromatic rings. The minimum atomic E-state index is -2.76. The van der Waals surface area contributed by atoms with Crippen LogP contribution in [0.5, 0.6) is 0 Å². The van der Waals surface area contributed by atoms with Crippen molar-refractivity contribution in [2.75, 3.05) is 0 Å². The Hall–Kier alpha value is -0.220. The lowest BCUT2D eigenvalue weighted by atomic mass is 10.7. The molecule has 0 radical (unpaired) electrons. The monoisotopic (exact) mass is 98.0 g/mol. The number of rotatable bonds is 1. The molecule has 0 heterocycles. The summed E-state index contributed by atoms with van der Waals surface area (Å²) in [5, 5.41) is 14.7. The standard InChI is InChI=1S/C2H4F2O2/c3-1(5)2(4)6/h1-2,5-6H. The number of aliphatic hydroxyl groups excluding tert-OH is 2. The van der Waals surface area contributed by atoms with Crippen molar-refractivity contribution in [3.05, 3.63) is 0 Å². The van der Waals surface area contributed by atoms with Crippen molar-refractivity contribution in [2.24, 2.45) is 0 Å². The van der Waals surface area contributed by atoms with Gasteiger partial charge in [0.15, 0.2) is 0 Å². The molecular formula is C2H4F2O2. The lowest BCUT2D eigenvalue weighted by Gasteiger charge is -1.95. The molecule has 2 unspecified atom stereocenters. The molecule has 2 atom stereocenters. The van der Waals surface area contributed by atoms with Gasteiger partial charge in [-0.25, -0.2) is 8.78 Å². The second-order valence-corrected chi connectivity index (χ2v) is 0.745. The van der Waals surface area contributed by atoms with Crippen molar-refractivity contribution in [2.45, 2.75) is 12.7 Å². The summed E-state index contributed by atoms with van der Waals surface area (Å²) < 4.78 is 21.5. The first-order chi connectivity index (χ1) is 2.64. The van der Waals surface area contributed by atoms with Crippen LogP contribution < -0.4 is 0 Å². The second-order valence-electron chi connectivity index (χ2n) is 0.745. The highest BCUT2D eigenvalue weighted by atomic mass is 19.2. The Bertz CT molecular complexity index is 30.5. The van der Waals surface area contributed by atoms with Crippen molar-refractivity contribution in [3.8, 4) is 0 Å². The predicted octanol–water partition coefficient (Wildman–Crippen LogP) is -0.438. The molecule has 2 N–H and O–H groups in total. The minimum absolute atomic E-state index is 2.76. The van der Waals surface area contributed by atoms with Gasteiger partial charge in [-0.3, -0.25) is 0 Å². The van der Waals surface area contributed by atoms with Gasteiger partial charge in [-0.05, 0) is 0 Å². The first-order valence-electron chi connectivity index (χ1n) is 1.29. The Kier molecular flexibility index (Phi) is 1.97. The zero-order chi connectivity index (χ0) is 5.15. The second kappa shape index (κ2) is 2.04. The van der Waals surface area contributed by atoms with E-state index in [1.807, 2.05) is 0 Å². The van der Waals surface area contributed by atoms with Crippen molar-refractivity contribution >= 4 is 0 Å². The summed E-state index contributed by atoms with van der Waals surface area (Å²) in [5.41, 5.74) is 0. The third kappa shape index (κ3) is 2.04. The number of hydrogen-bond acceptors (Lipinski definition) is 2. The molecule has 0 rings (SSSR count). The molecule has 0 saturated heterocycles. The number of halogens is 2. The minimum Gasteiger partial charge on any atom is -0.360 e. The van der Waals surface area contributed by atoms with Gasteiger partial charge in [0.25, 0.3) is 12.7 Å². The van der Waals surface area contributed by atoms with Gasteiger partial charge in [-0.1, -0.05) is 0 Å². The van der Waals surface area contributed by atoms with Crippen LogP contribution in [0.4, 0.5) is 8.78 Å². The van der Waals surface area contributed by atoms with E-state index in [1.54, 1.807) is 0 Å². The van der Waals surface area contributed by atoms with Crippen molar-refractivity contribution in [3.63, 3.8) is 0 Å². The Balaban J connectivity index is 2.99. The smallest absolute Gasteiger partial charge is 0.252 e. The Labute approximate surface area is 33.0 Å². The van der Waals surface area contributed by atoms with Crippen molar-refractivity contribution in [1.29, 1.82) is 0 Å². The summed E-state index contributed by atoms with van der Waals surface area (Å²) >= 11 is 0. The molecule has 0 spiro atoms. The average Bonchev–Trinajstić information content (AvgIpc) is 1.36. The molecule has 2 nitrogen and oxygen atoms in total. The van der Waals surface area contributed by atoms with Gasteiger partial charge in [0.05, 0.1) is 0 Å². The highest BCUT2D eigenvalue weighted by molar-refractivity contribution is 4.33. The van der Waals surface area contributed by atoms with E-state index in [0.717, 1.165) is 0 Å². The van der Waals surface area contributed by atoms with E-state index in [1.165, 1.54) is 0 Å². The van der Waals surface area contributed by atoms with Crippen LogP contribution in [0.3, 0.4) is 0 Å². The molecule has 38 valence electrons. The molecule has 6 heavy (non-hydrogen) atoms. The van der Waals surface area contributed by atoms with E-state index in [4.69, 9.17) is 10.2 Å². The van der Waals surface area contributed by atoms with Crippen LogP contribution in [-0.2, 0) is 0 Å². The Morgan fingerprint density at radius 2 is 1.17 bits per heavy atom. The van der Waals surface area contributed by atoms with E-state index < -0.39 is 12.7 Å². The third-order valence-corrected chi connectivity index (χ3v) is 0.227. The van der Waals surface area contributed by atoms with Crippen LogP contribution in [0.15, 0.2) is 0 Å². The molecule has 0 aromatic heterocycles. The molecule has 0 bridgehead atoms. The Morgan fingerprint density at radius 3 is 1.17 bits per heavy atom. The summed E-state index contributed by atoms with van der Waals surface area (Å²) in [6, 6.07) is 0. The normalized spacial score (nSPS) is 20.0. The maximum absolute atomic E-state index is 10.8. The molecular weight excluding hydrogens is 94.0 g/mol. The highest BCUT2D eigenvalue weighted by Crippen LogP contribution is 1.92. The van der Waals surface area contributed by atoms with Gasteiger partial charge in [-0.2, -0.15) is 0 Å². The van der Waals surface area contributed by atoms with Gasteiger partial charge < -0.3 is 10.2 Å². The molecule has 0 aliphatic heterocycles. The van der Waals surface area contributed by atoms with Gasteiger partial charge in [0.2, 0.25) is 0 Å². The van der Waals surface area contributed by atoms with Crippen LogP contribution in [0, 0.1) is 0 Å². The molecule has 0 aliphatic carbocycles. The first-order valence-corrected chi connectivity index (χ1v) is 1.29. The fraction of sp³-hybridized carbons (Fsp3) is 1.00. The topological polar surface area (TPSA) is 40.5 Å². The van der Waals surface area contributed by atoms with Gasteiger partial charge in [0, 0.05) is 0 Å². The zero-order valence-electron chi connectivity index (χ0n) is 2.81. The molecule has 0 aromatic carbocycles. The van der Waals surface area contributed by atoms with E-state index in [0.29, 0.717) is 0 Å². The highest BCUT2D eigenvalue weighted by Gasteiger charge is 2.10. The van der Waals surface area contributed by atoms with Crippen molar-refractivity contribution < 1.29 is 19.0 Å². The first kappa shape index (κ1) is 5.78. The summed E-state index contributed by atoms with van der Waals surface area (Å²) in [6.07, 6.45) is -5.52. The number of hydrogen-bond donors (Lipinski definition) is 2. The maximum atomic E-state index is 10.8. The number of aliphatic hydroxyl groups is 2. The van der Waals surface area contributed by atoms with Gasteiger partial charge >= 0.3 is 0 Å². The molecule has 0 saturated carbocycles. The summed E-state index contributed by atoms with van der Waals surface area (Å²) in [5.74, 6) is 0. The maximum Gasteiger partial charge on any atom is 0.252 e. The largest absolute Gasteiger partial charge is 0.360 e. The summed E-state index contributed by atoms with van der Waals surface area (Å²) in [7, 11) is 0. The van der Waals surface area contributed by atoms with Gasteiger partial charge in [0.1, 0.15) is 0 Å². The fourth-order valence-electron chi connectivity index (χ4n) is 0. The van der Waals surface area contributed by atoms with E-state index >= 15 is 0 Å². The molecule has 4 heteroatoms. The predicted molar refractivity (Wildman–Crippen MR) is 14.2 cm³/mol. The molecule has 0 aliphatic rings. The van der Waals surface area contributed by atoms with E-state index in [9.17, 15) is 8.78 Å². The summed E-state index contributed by atoms with van der Waals surface area (Å²) in [6.45, 7) is 0.